The Bertz CT molecular complexity index is 296. The smallest absolute Gasteiger partial charge is 0.156 e. The molecule has 0 bridgehead atoms. The Hall–Kier alpha value is -0.630. The fourth-order valence-corrected chi connectivity index (χ4v) is 2.93. The van der Waals surface area contributed by atoms with Gasteiger partial charge in [0.2, 0.25) is 0 Å². The minimum Gasteiger partial charge on any atom is -0.381 e. The number of allylic oxidation sites excluding steroid dienone is 2. The lowest BCUT2D eigenvalue weighted by Crippen LogP contribution is -2.24. The van der Waals surface area contributed by atoms with Crippen molar-refractivity contribution in [1.29, 1.82) is 0 Å². The Morgan fingerprint density at radius 3 is 2.62 bits per heavy atom. The second-order valence-corrected chi connectivity index (χ2v) is 6.05. The molecule has 1 saturated heterocycles. The standard InChI is InChI=1S/C14H22O2/c1-14(2)9-12(8-13(15)10-14)7-11-3-5-16-6-4-11/h8,11H,3-7,9-10H2,1-2H3. The lowest BCUT2D eigenvalue weighted by atomic mass is 9.74. The largest absolute Gasteiger partial charge is 0.381 e. The third kappa shape index (κ3) is 3.18. The average molecular weight is 222 g/mol. The van der Waals surface area contributed by atoms with Gasteiger partial charge in [0.25, 0.3) is 0 Å². The van der Waals surface area contributed by atoms with Crippen LogP contribution in [-0.2, 0) is 9.53 Å². The van der Waals surface area contributed by atoms with E-state index in [-0.39, 0.29) is 5.41 Å². The van der Waals surface area contributed by atoms with Crippen LogP contribution in [0.2, 0.25) is 0 Å². The zero-order valence-corrected chi connectivity index (χ0v) is 10.4. The topological polar surface area (TPSA) is 26.3 Å². The van der Waals surface area contributed by atoms with E-state index in [0.29, 0.717) is 12.2 Å². The number of ketones is 1. The van der Waals surface area contributed by atoms with Gasteiger partial charge in [-0.05, 0) is 43.1 Å². The van der Waals surface area contributed by atoms with Crippen LogP contribution in [-0.4, -0.2) is 19.0 Å². The van der Waals surface area contributed by atoms with Gasteiger partial charge in [0.15, 0.2) is 5.78 Å². The Morgan fingerprint density at radius 1 is 1.31 bits per heavy atom. The number of carbonyl (C=O) groups is 1. The molecule has 2 nitrogen and oxygen atoms in total. The fourth-order valence-electron chi connectivity index (χ4n) is 2.93. The van der Waals surface area contributed by atoms with Gasteiger partial charge in [-0.1, -0.05) is 19.4 Å². The van der Waals surface area contributed by atoms with Gasteiger partial charge in [-0.15, -0.1) is 0 Å². The van der Waals surface area contributed by atoms with Crippen molar-refractivity contribution in [2.24, 2.45) is 11.3 Å². The predicted octanol–water partition coefficient (Wildman–Crippen LogP) is 3.12. The van der Waals surface area contributed by atoms with E-state index in [4.69, 9.17) is 4.74 Å². The van der Waals surface area contributed by atoms with Crippen LogP contribution in [0.3, 0.4) is 0 Å². The molecule has 1 aliphatic carbocycles. The van der Waals surface area contributed by atoms with Crippen LogP contribution >= 0.6 is 0 Å². The van der Waals surface area contributed by atoms with E-state index < -0.39 is 0 Å². The summed E-state index contributed by atoms with van der Waals surface area (Å²) in [5, 5.41) is 0. The third-order valence-corrected chi connectivity index (χ3v) is 3.62. The molecule has 0 atom stereocenters. The van der Waals surface area contributed by atoms with Gasteiger partial charge in [0.05, 0.1) is 0 Å². The molecule has 90 valence electrons. The maximum absolute atomic E-state index is 11.6. The lowest BCUT2D eigenvalue weighted by Gasteiger charge is -2.31. The fraction of sp³-hybridized carbons (Fsp3) is 0.786. The van der Waals surface area contributed by atoms with Crippen LogP contribution in [0.25, 0.3) is 0 Å². The molecule has 0 aromatic heterocycles. The summed E-state index contributed by atoms with van der Waals surface area (Å²) in [6.07, 6.45) is 7.14. The van der Waals surface area contributed by atoms with Crippen LogP contribution in [0.4, 0.5) is 0 Å². The molecule has 0 N–H and O–H groups in total. The van der Waals surface area contributed by atoms with E-state index in [1.807, 2.05) is 6.08 Å². The van der Waals surface area contributed by atoms with Gasteiger partial charge >= 0.3 is 0 Å². The Kier molecular flexibility index (Phi) is 3.48. The molecule has 0 radical (unpaired) electrons. The van der Waals surface area contributed by atoms with Crippen molar-refractivity contribution in [1.82, 2.24) is 0 Å². The summed E-state index contributed by atoms with van der Waals surface area (Å²) < 4.78 is 5.36. The Labute approximate surface area is 98.1 Å². The van der Waals surface area contributed by atoms with Crippen LogP contribution in [0.1, 0.15) is 46.0 Å². The maximum Gasteiger partial charge on any atom is 0.156 e. The number of rotatable bonds is 2. The van der Waals surface area contributed by atoms with Gasteiger partial charge in [0.1, 0.15) is 0 Å². The molecule has 0 saturated carbocycles. The molecule has 2 aliphatic rings. The SMILES string of the molecule is CC1(C)CC(=O)C=C(CC2CCOCC2)C1. The first-order valence-corrected chi connectivity index (χ1v) is 6.35. The van der Waals surface area contributed by atoms with Crippen molar-refractivity contribution in [3.05, 3.63) is 11.6 Å². The summed E-state index contributed by atoms with van der Waals surface area (Å²) in [6, 6.07) is 0. The van der Waals surface area contributed by atoms with E-state index >= 15 is 0 Å². The number of ether oxygens (including phenoxy) is 1. The molecule has 0 unspecified atom stereocenters. The first kappa shape index (κ1) is 11.8. The van der Waals surface area contributed by atoms with Crippen molar-refractivity contribution < 1.29 is 9.53 Å². The van der Waals surface area contributed by atoms with E-state index in [1.165, 1.54) is 5.57 Å². The average Bonchev–Trinajstić information content (AvgIpc) is 2.15. The van der Waals surface area contributed by atoms with E-state index in [1.54, 1.807) is 0 Å². The molecule has 16 heavy (non-hydrogen) atoms. The zero-order chi connectivity index (χ0) is 11.6. The van der Waals surface area contributed by atoms with E-state index in [9.17, 15) is 4.79 Å². The molecule has 0 spiro atoms. The first-order valence-electron chi connectivity index (χ1n) is 6.35. The van der Waals surface area contributed by atoms with Gasteiger partial charge < -0.3 is 4.74 Å². The minimum absolute atomic E-state index is 0.173. The molecule has 0 aromatic carbocycles. The van der Waals surface area contributed by atoms with E-state index in [0.717, 1.165) is 44.8 Å². The van der Waals surface area contributed by atoms with Gasteiger partial charge in [0, 0.05) is 19.6 Å². The molecule has 2 rings (SSSR count). The number of carbonyl (C=O) groups excluding carboxylic acids is 1. The monoisotopic (exact) mass is 222 g/mol. The quantitative estimate of drug-likeness (QED) is 0.717. The highest BCUT2D eigenvalue weighted by Crippen LogP contribution is 2.37. The summed E-state index contributed by atoms with van der Waals surface area (Å²) in [7, 11) is 0. The molecular weight excluding hydrogens is 200 g/mol. The molecule has 1 aliphatic heterocycles. The number of hydrogen-bond donors (Lipinski definition) is 0. The lowest BCUT2D eigenvalue weighted by molar-refractivity contribution is -0.117. The van der Waals surface area contributed by atoms with Gasteiger partial charge in [-0.25, -0.2) is 0 Å². The molecule has 1 fully saturated rings. The molecule has 2 heteroatoms. The van der Waals surface area contributed by atoms with E-state index in [2.05, 4.69) is 13.8 Å². The highest BCUT2D eigenvalue weighted by molar-refractivity contribution is 5.91. The van der Waals surface area contributed by atoms with Gasteiger partial charge in [-0.3, -0.25) is 4.79 Å². The summed E-state index contributed by atoms with van der Waals surface area (Å²) in [6.45, 7) is 6.19. The first-order chi connectivity index (χ1) is 7.55. The molecule has 1 heterocycles. The summed E-state index contributed by atoms with van der Waals surface area (Å²) in [4.78, 5) is 11.6. The minimum atomic E-state index is 0.173. The summed E-state index contributed by atoms with van der Waals surface area (Å²) in [5.41, 5.74) is 1.54. The van der Waals surface area contributed by atoms with Crippen LogP contribution in [0.15, 0.2) is 11.6 Å². The Balaban J connectivity index is 1.95. The van der Waals surface area contributed by atoms with Crippen molar-refractivity contribution in [3.63, 3.8) is 0 Å². The molecular formula is C14H22O2. The van der Waals surface area contributed by atoms with Crippen molar-refractivity contribution in [2.45, 2.75) is 46.0 Å². The molecule has 0 aromatic rings. The van der Waals surface area contributed by atoms with Crippen LogP contribution in [0, 0.1) is 11.3 Å². The van der Waals surface area contributed by atoms with Crippen molar-refractivity contribution in [2.75, 3.05) is 13.2 Å². The maximum atomic E-state index is 11.6. The third-order valence-electron chi connectivity index (χ3n) is 3.62. The zero-order valence-electron chi connectivity index (χ0n) is 10.4. The molecule has 0 amide bonds. The van der Waals surface area contributed by atoms with Crippen molar-refractivity contribution in [3.8, 4) is 0 Å². The highest BCUT2D eigenvalue weighted by Gasteiger charge is 2.28. The summed E-state index contributed by atoms with van der Waals surface area (Å²) in [5.74, 6) is 1.06. The Morgan fingerprint density at radius 2 is 2.00 bits per heavy atom. The highest BCUT2D eigenvalue weighted by atomic mass is 16.5. The van der Waals surface area contributed by atoms with Gasteiger partial charge in [-0.2, -0.15) is 0 Å². The normalized spacial score (nSPS) is 26.6. The van der Waals surface area contributed by atoms with Crippen molar-refractivity contribution >= 4 is 5.78 Å². The second-order valence-electron chi connectivity index (χ2n) is 6.05. The second kappa shape index (κ2) is 4.70. The predicted molar refractivity (Wildman–Crippen MR) is 64.3 cm³/mol. The summed E-state index contributed by atoms with van der Waals surface area (Å²) >= 11 is 0. The van der Waals surface area contributed by atoms with Crippen LogP contribution in [0.5, 0.6) is 0 Å². The van der Waals surface area contributed by atoms with Crippen LogP contribution < -0.4 is 0 Å². The number of hydrogen-bond acceptors (Lipinski definition) is 2.